The zero-order chi connectivity index (χ0) is 15.4. The van der Waals surface area contributed by atoms with Crippen molar-refractivity contribution >= 4 is 39.0 Å². The number of carbonyl (C=O) groups is 1. The number of rotatable bonds is 5. The molecule has 0 amide bonds. The maximum absolute atomic E-state index is 11.9. The fraction of sp³-hybridized carbons (Fsp3) is 0.0714. The molecule has 0 radical (unpaired) electrons. The van der Waals surface area contributed by atoms with E-state index in [-0.39, 0.29) is 23.8 Å². The van der Waals surface area contributed by atoms with E-state index in [1.807, 2.05) is 0 Å². The lowest BCUT2D eigenvalue weighted by molar-refractivity contribution is -0.385. The van der Waals surface area contributed by atoms with Crippen molar-refractivity contribution in [1.29, 1.82) is 0 Å². The quantitative estimate of drug-likeness (QED) is 0.448. The molecule has 21 heavy (non-hydrogen) atoms. The van der Waals surface area contributed by atoms with E-state index in [2.05, 4.69) is 15.9 Å². The second kappa shape index (κ2) is 6.69. The molecule has 0 N–H and O–H groups in total. The maximum Gasteiger partial charge on any atom is 0.311 e. The minimum Gasteiger partial charge on any atom is -0.478 e. The van der Waals surface area contributed by atoms with Gasteiger partial charge in [-0.15, -0.1) is 0 Å². The van der Waals surface area contributed by atoms with Crippen LogP contribution in [0.1, 0.15) is 10.4 Å². The van der Waals surface area contributed by atoms with E-state index < -0.39 is 4.92 Å². The molecule has 0 fully saturated rings. The van der Waals surface area contributed by atoms with Gasteiger partial charge in [0.15, 0.2) is 18.1 Å². The van der Waals surface area contributed by atoms with Crippen LogP contribution in [0.2, 0.25) is 5.02 Å². The molecule has 0 aliphatic carbocycles. The maximum atomic E-state index is 11.9. The van der Waals surface area contributed by atoms with Gasteiger partial charge in [0.2, 0.25) is 0 Å². The number of Topliss-reactive ketones (excluding diaryl/α,β-unsaturated/α-hetero) is 1. The molecule has 5 nitrogen and oxygen atoms in total. The highest BCUT2D eigenvalue weighted by atomic mass is 79.9. The van der Waals surface area contributed by atoms with Crippen LogP contribution in [0.15, 0.2) is 46.9 Å². The Bertz CT molecular complexity index is 688. The van der Waals surface area contributed by atoms with Crippen molar-refractivity contribution in [3.05, 3.63) is 67.6 Å². The van der Waals surface area contributed by atoms with Gasteiger partial charge in [-0.2, -0.15) is 0 Å². The SMILES string of the molecule is O=C(COc1cc(Br)ccc1[N+](=O)[O-])c1ccc(Cl)cc1. The van der Waals surface area contributed by atoms with Gasteiger partial charge in [0.25, 0.3) is 0 Å². The first-order valence-electron chi connectivity index (χ1n) is 5.83. The second-order valence-corrected chi connectivity index (χ2v) is 5.44. The summed E-state index contributed by atoms with van der Waals surface area (Å²) in [4.78, 5) is 22.3. The van der Waals surface area contributed by atoms with Crippen LogP contribution in [0.5, 0.6) is 5.75 Å². The summed E-state index contributed by atoms with van der Waals surface area (Å²) in [5, 5.41) is 11.4. The number of nitro benzene ring substituents is 1. The molecular formula is C14H9BrClNO4. The average Bonchev–Trinajstić information content (AvgIpc) is 2.45. The number of nitrogens with zero attached hydrogens (tertiary/aromatic N) is 1. The Balaban J connectivity index is 2.12. The van der Waals surface area contributed by atoms with E-state index in [1.165, 1.54) is 18.2 Å². The monoisotopic (exact) mass is 369 g/mol. The van der Waals surface area contributed by atoms with Crippen LogP contribution >= 0.6 is 27.5 Å². The second-order valence-electron chi connectivity index (χ2n) is 4.09. The van der Waals surface area contributed by atoms with Crippen molar-refractivity contribution in [2.75, 3.05) is 6.61 Å². The predicted molar refractivity (Wildman–Crippen MR) is 82.1 cm³/mol. The van der Waals surface area contributed by atoms with Crippen molar-refractivity contribution in [1.82, 2.24) is 0 Å². The smallest absolute Gasteiger partial charge is 0.311 e. The van der Waals surface area contributed by atoms with Gasteiger partial charge in [0.1, 0.15) is 0 Å². The first-order chi connectivity index (χ1) is 9.97. The molecule has 2 aromatic rings. The zero-order valence-corrected chi connectivity index (χ0v) is 12.9. The molecule has 0 unspecified atom stereocenters. The van der Waals surface area contributed by atoms with Crippen LogP contribution in [-0.2, 0) is 0 Å². The van der Waals surface area contributed by atoms with E-state index in [1.54, 1.807) is 24.3 Å². The number of benzene rings is 2. The highest BCUT2D eigenvalue weighted by Crippen LogP contribution is 2.30. The summed E-state index contributed by atoms with van der Waals surface area (Å²) in [6, 6.07) is 10.6. The van der Waals surface area contributed by atoms with Gasteiger partial charge >= 0.3 is 5.69 Å². The molecular weight excluding hydrogens is 362 g/mol. The number of hydrogen-bond acceptors (Lipinski definition) is 4. The van der Waals surface area contributed by atoms with Gasteiger partial charge in [-0.25, -0.2) is 0 Å². The van der Waals surface area contributed by atoms with Gasteiger partial charge in [-0.3, -0.25) is 14.9 Å². The molecule has 0 aliphatic heterocycles. The molecule has 0 spiro atoms. The number of hydrogen-bond donors (Lipinski definition) is 0. The van der Waals surface area contributed by atoms with Crippen LogP contribution in [0.25, 0.3) is 0 Å². The molecule has 108 valence electrons. The predicted octanol–water partition coefficient (Wildman–Crippen LogP) is 4.27. The number of halogens is 2. The topological polar surface area (TPSA) is 69.4 Å². The summed E-state index contributed by atoms with van der Waals surface area (Å²) < 4.78 is 5.90. The third-order valence-electron chi connectivity index (χ3n) is 2.64. The van der Waals surface area contributed by atoms with Gasteiger partial charge in [-0.1, -0.05) is 27.5 Å². The lowest BCUT2D eigenvalue weighted by Crippen LogP contribution is -2.12. The molecule has 2 rings (SSSR count). The summed E-state index contributed by atoms with van der Waals surface area (Å²) in [7, 11) is 0. The van der Waals surface area contributed by atoms with E-state index in [9.17, 15) is 14.9 Å². The van der Waals surface area contributed by atoms with Crippen LogP contribution in [0.4, 0.5) is 5.69 Å². The minimum atomic E-state index is -0.561. The number of nitro groups is 1. The van der Waals surface area contributed by atoms with Crippen LogP contribution < -0.4 is 4.74 Å². The van der Waals surface area contributed by atoms with Gasteiger partial charge in [-0.05, 0) is 30.3 Å². The Morgan fingerprint density at radius 1 is 1.24 bits per heavy atom. The van der Waals surface area contributed by atoms with Crippen molar-refractivity contribution < 1.29 is 14.5 Å². The van der Waals surface area contributed by atoms with Gasteiger partial charge in [0, 0.05) is 27.2 Å². The minimum absolute atomic E-state index is 0.0386. The number of ether oxygens (including phenoxy) is 1. The summed E-state index contributed by atoms with van der Waals surface area (Å²) >= 11 is 8.94. The normalized spacial score (nSPS) is 10.2. The van der Waals surface area contributed by atoms with E-state index in [0.29, 0.717) is 15.1 Å². The molecule has 2 aromatic carbocycles. The lowest BCUT2D eigenvalue weighted by atomic mass is 10.1. The van der Waals surface area contributed by atoms with Crippen LogP contribution in [-0.4, -0.2) is 17.3 Å². The Labute approximate surface area is 133 Å². The van der Waals surface area contributed by atoms with Gasteiger partial charge in [0.05, 0.1) is 4.92 Å². The Morgan fingerprint density at radius 2 is 1.90 bits per heavy atom. The highest BCUT2D eigenvalue weighted by molar-refractivity contribution is 9.10. The van der Waals surface area contributed by atoms with Crippen molar-refractivity contribution in [3.8, 4) is 5.75 Å². The first-order valence-corrected chi connectivity index (χ1v) is 7.00. The Morgan fingerprint density at radius 3 is 2.52 bits per heavy atom. The third kappa shape index (κ3) is 4.03. The Kier molecular flexibility index (Phi) is 4.93. The number of carbonyl (C=O) groups excluding carboxylic acids is 1. The van der Waals surface area contributed by atoms with E-state index >= 15 is 0 Å². The molecule has 0 saturated carbocycles. The molecule has 0 aliphatic rings. The van der Waals surface area contributed by atoms with Crippen LogP contribution in [0, 0.1) is 10.1 Å². The van der Waals surface area contributed by atoms with Crippen molar-refractivity contribution in [3.63, 3.8) is 0 Å². The molecule has 0 aromatic heterocycles. The summed E-state index contributed by atoms with van der Waals surface area (Å²) in [5.74, 6) is -0.252. The standard InChI is InChI=1S/C14H9BrClNO4/c15-10-3-6-12(17(19)20)14(7-10)21-8-13(18)9-1-4-11(16)5-2-9/h1-7H,8H2. The molecule has 0 atom stereocenters. The largest absolute Gasteiger partial charge is 0.478 e. The fourth-order valence-corrected chi connectivity index (χ4v) is 2.08. The van der Waals surface area contributed by atoms with Crippen molar-refractivity contribution in [2.24, 2.45) is 0 Å². The highest BCUT2D eigenvalue weighted by Gasteiger charge is 2.17. The summed E-state index contributed by atoms with van der Waals surface area (Å²) in [6.45, 7) is -0.293. The molecule has 7 heteroatoms. The first kappa shape index (κ1) is 15.5. The van der Waals surface area contributed by atoms with Crippen molar-refractivity contribution in [2.45, 2.75) is 0 Å². The number of ketones is 1. The zero-order valence-electron chi connectivity index (χ0n) is 10.6. The fourth-order valence-electron chi connectivity index (χ4n) is 1.62. The summed E-state index contributed by atoms with van der Waals surface area (Å²) in [5.41, 5.74) is 0.235. The molecule has 0 saturated heterocycles. The summed E-state index contributed by atoms with van der Waals surface area (Å²) in [6.07, 6.45) is 0. The third-order valence-corrected chi connectivity index (χ3v) is 3.39. The molecule has 0 heterocycles. The molecule has 0 bridgehead atoms. The van der Waals surface area contributed by atoms with Crippen LogP contribution in [0.3, 0.4) is 0 Å². The Hall–Kier alpha value is -1.92. The lowest BCUT2D eigenvalue weighted by Gasteiger charge is -2.07. The van der Waals surface area contributed by atoms with E-state index in [0.717, 1.165) is 0 Å². The van der Waals surface area contributed by atoms with E-state index in [4.69, 9.17) is 16.3 Å². The van der Waals surface area contributed by atoms with Gasteiger partial charge < -0.3 is 4.74 Å². The average molecular weight is 371 g/mol.